The first-order chi connectivity index (χ1) is 11.5. The maximum atomic E-state index is 12.6. The van der Waals surface area contributed by atoms with Gasteiger partial charge in [-0.2, -0.15) is 18.0 Å². The van der Waals surface area contributed by atoms with Crippen LogP contribution in [0, 0.1) is 11.3 Å². The summed E-state index contributed by atoms with van der Waals surface area (Å²) in [7, 11) is -4.55. The number of carbonyl (C=O) groups is 1. The lowest BCUT2D eigenvalue weighted by Crippen LogP contribution is -2.44. The minimum Gasteiger partial charge on any atom is -0.350 e. The molecule has 2 aromatic carbocycles. The molecule has 2 amide bonds. The van der Waals surface area contributed by atoms with Crippen LogP contribution in [0.3, 0.4) is 0 Å². The van der Waals surface area contributed by atoms with Crippen LogP contribution >= 0.6 is 0 Å². The predicted octanol–water partition coefficient (Wildman–Crippen LogP) is 1.85. The van der Waals surface area contributed by atoms with Gasteiger partial charge in [-0.1, -0.05) is 36.4 Å². The van der Waals surface area contributed by atoms with E-state index in [9.17, 15) is 13.2 Å². The molecule has 8 nitrogen and oxygen atoms in total. The number of sulfonamides is 1. The first-order valence-electron chi connectivity index (χ1n) is 6.65. The molecule has 0 spiro atoms. The average Bonchev–Trinajstić information content (AvgIpc) is 2.56. The number of carbonyl (C=O) groups excluding carboxylic acids is 1. The van der Waals surface area contributed by atoms with Crippen molar-refractivity contribution in [3.05, 3.63) is 60.7 Å². The van der Waals surface area contributed by atoms with Gasteiger partial charge in [0.1, 0.15) is 6.07 Å². The number of nitrogens with one attached hydrogen (secondary N) is 1. The van der Waals surface area contributed by atoms with Crippen molar-refractivity contribution in [3.63, 3.8) is 0 Å². The van der Waals surface area contributed by atoms with E-state index < -0.39 is 21.1 Å². The highest BCUT2D eigenvalue weighted by Gasteiger charge is 2.33. The fourth-order valence-electron chi connectivity index (χ4n) is 1.80. The Morgan fingerprint density at radius 1 is 1.08 bits per heavy atom. The summed E-state index contributed by atoms with van der Waals surface area (Å²) >= 11 is 0. The van der Waals surface area contributed by atoms with Crippen molar-refractivity contribution in [2.75, 3.05) is 9.73 Å². The molecule has 2 rings (SSSR count). The highest BCUT2D eigenvalue weighted by Crippen LogP contribution is 2.18. The first kappa shape index (κ1) is 17.0. The molecule has 0 radical (unpaired) electrons. The number of hydrogen-bond donors (Lipinski definition) is 2. The standard InChI is InChI=1S/C15H13N5O3S/c16-11-14(19-18-12-7-3-1-4-8-12)24(22,23)20(15(17)21)13-9-5-2-6-10-13/h1-10,18H,(H2,17,21). The SMILES string of the molecule is N#CC(=NNc1ccccc1)S(=O)(=O)N(C(N)=O)c1ccccc1. The molecule has 0 unspecified atom stereocenters. The van der Waals surface area contributed by atoms with Crippen molar-refractivity contribution in [3.8, 4) is 6.07 Å². The van der Waals surface area contributed by atoms with Gasteiger partial charge < -0.3 is 5.73 Å². The molecule has 24 heavy (non-hydrogen) atoms. The quantitative estimate of drug-likeness (QED) is 0.499. The van der Waals surface area contributed by atoms with Crippen LogP contribution in [-0.2, 0) is 10.0 Å². The number of benzene rings is 2. The van der Waals surface area contributed by atoms with Gasteiger partial charge in [-0.25, -0.2) is 4.79 Å². The van der Waals surface area contributed by atoms with Gasteiger partial charge in [-0.15, -0.1) is 5.10 Å². The molecule has 0 aliphatic rings. The molecule has 122 valence electrons. The third-order valence-electron chi connectivity index (χ3n) is 2.83. The van der Waals surface area contributed by atoms with Crippen LogP contribution in [0.25, 0.3) is 0 Å². The molecule has 2 aromatic rings. The third-order valence-corrected chi connectivity index (χ3v) is 4.37. The molecule has 0 aliphatic carbocycles. The van der Waals surface area contributed by atoms with E-state index in [1.54, 1.807) is 36.4 Å². The summed E-state index contributed by atoms with van der Waals surface area (Å²) < 4.78 is 25.4. The van der Waals surface area contributed by atoms with Crippen LogP contribution in [-0.4, -0.2) is 19.5 Å². The van der Waals surface area contributed by atoms with Gasteiger partial charge in [0.05, 0.1) is 11.4 Å². The number of hydrazone groups is 1. The van der Waals surface area contributed by atoms with Crippen molar-refractivity contribution >= 4 is 32.5 Å². The summed E-state index contributed by atoms with van der Waals surface area (Å²) in [5, 5.41) is 11.8. The highest BCUT2D eigenvalue weighted by molar-refractivity contribution is 8.08. The Hall–Kier alpha value is -3.38. The number of nitrogens with two attached hydrogens (primary N) is 1. The van der Waals surface area contributed by atoms with E-state index in [4.69, 9.17) is 11.0 Å². The number of anilines is 2. The van der Waals surface area contributed by atoms with E-state index in [2.05, 4.69) is 10.5 Å². The summed E-state index contributed by atoms with van der Waals surface area (Å²) in [5.74, 6) is 0. The van der Waals surface area contributed by atoms with Crippen LogP contribution in [0.1, 0.15) is 0 Å². The molecule has 0 saturated carbocycles. The predicted molar refractivity (Wildman–Crippen MR) is 90.5 cm³/mol. The minimum atomic E-state index is -4.55. The molecule has 9 heteroatoms. The van der Waals surface area contributed by atoms with Crippen molar-refractivity contribution < 1.29 is 13.2 Å². The Labute approximate surface area is 138 Å². The van der Waals surface area contributed by atoms with E-state index in [0.29, 0.717) is 9.99 Å². The third kappa shape index (κ3) is 3.68. The molecule has 0 aliphatic heterocycles. The number of para-hydroxylation sites is 2. The van der Waals surface area contributed by atoms with E-state index >= 15 is 0 Å². The van der Waals surface area contributed by atoms with E-state index in [-0.39, 0.29) is 5.69 Å². The maximum Gasteiger partial charge on any atom is 0.333 e. The Balaban J connectivity index is 2.41. The number of nitrogens with zero attached hydrogens (tertiary/aromatic N) is 3. The van der Waals surface area contributed by atoms with Gasteiger partial charge >= 0.3 is 16.1 Å². The second kappa shape index (κ2) is 7.26. The minimum absolute atomic E-state index is 0.00709. The number of nitriles is 1. The monoisotopic (exact) mass is 343 g/mol. The Morgan fingerprint density at radius 3 is 2.12 bits per heavy atom. The van der Waals surface area contributed by atoms with E-state index in [0.717, 1.165) is 0 Å². The van der Waals surface area contributed by atoms with Crippen molar-refractivity contribution in [1.29, 1.82) is 5.26 Å². The summed E-state index contributed by atoms with van der Waals surface area (Å²) in [6, 6.07) is 16.1. The smallest absolute Gasteiger partial charge is 0.333 e. The fraction of sp³-hybridized carbons (Fsp3) is 0. The molecule has 0 atom stereocenters. The molecular formula is C15H13N5O3S. The first-order valence-corrected chi connectivity index (χ1v) is 8.09. The summed E-state index contributed by atoms with van der Waals surface area (Å²) in [6.45, 7) is 0. The zero-order valence-electron chi connectivity index (χ0n) is 12.3. The zero-order valence-corrected chi connectivity index (χ0v) is 13.1. The van der Waals surface area contributed by atoms with E-state index in [1.165, 1.54) is 30.3 Å². The van der Waals surface area contributed by atoms with Crippen molar-refractivity contribution in [2.45, 2.75) is 0 Å². The lowest BCUT2D eigenvalue weighted by atomic mass is 10.3. The molecule has 0 bridgehead atoms. The summed E-state index contributed by atoms with van der Waals surface area (Å²) in [4.78, 5) is 11.6. The number of primary amides is 1. The van der Waals surface area contributed by atoms with Crippen LogP contribution in [0.4, 0.5) is 16.2 Å². The number of urea groups is 1. The van der Waals surface area contributed by atoms with Gasteiger partial charge in [0.15, 0.2) is 0 Å². The van der Waals surface area contributed by atoms with Crippen LogP contribution < -0.4 is 15.5 Å². The lowest BCUT2D eigenvalue weighted by Gasteiger charge is -2.18. The Morgan fingerprint density at radius 2 is 1.62 bits per heavy atom. The maximum absolute atomic E-state index is 12.6. The second-order valence-corrected chi connectivity index (χ2v) is 6.15. The lowest BCUT2D eigenvalue weighted by molar-refractivity contribution is 0.257. The Bertz CT molecular complexity index is 890. The number of hydrogen-bond acceptors (Lipinski definition) is 6. The second-order valence-electron chi connectivity index (χ2n) is 4.45. The molecular weight excluding hydrogens is 330 g/mol. The van der Waals surface area contributed by atoms with E-state index in [1.807, 2.05) is 0 Å². The number of amides is 2. The molecule has 3 N–H and O–H groups in total. The molecule has 0 fully saturated rings. The summed E-state index contributed by atoms with van der Waals surface area (Å²) in [6.07, 6.45) is 0. The molecule has 0 aromatic heterocycles. The van der Waals surface area contributed by atoms with Gasteiger partial charge in [0, 0.05) is 0 Å². The zero-order chi connectivity index (χ0) is 17.6. The number of rotatable bonds is 3. The van der Waals surface area contributed by atoms with Crippen LogP contribution in [0.15, 0.2) is 65.8 Å². The average molecular weight is 343 g/mol. The Kier molecular flexibility index (Phi) is 5.13. The van der Waals surface area contributed by atoms with Crippen molar-refractivity contribution in [1.82, 2.24) is 0 Å². The highest BCUT2D eigenvalue weighted by atomic mass is 32.2. The van der Waals surface area contributed by atoms with Crippen LogP contribution in [0.5, 0.6) is 0 Å². The van der Waals surface area contributed by atoms with Gasteiger partial charge in [-0.05, 0) is 24.3 Å². The van der Waals surface area contributed by atoms with Gasteiger partial charge in [0.2, 0.25) is 0 Å². The van der Waals surface area contributed by atoms with Crippen LogP contribution in [0.2, 0.25) is 0 Å². The van der Waals surface area contributed by atoms with Gasteiger partial charge in [0.25, 0.3) is 5.04 Å². The summed E-state index contributed by atoms with van der Waals surface area (Å²) in [5.41, 5.74) is 8.12. The van der Waals surface area contributed by atoms with Crippen molar-refractivity contribution in [2.24, 2.45) is 10.8 Å². The largest absolute Gasteiger partial charge is 0.350 e. The molecule has 0 heterocycles. The topological polar surface area (TPSA) is 129 Å². The van der Waals surface area contributed by atoms with Gasteiger partial charge in [-0.3, -0.25) is 5.43 Å². The fourth-order valence-corrected chi connectivity index (χ4v) is 2.89. The normalized spacial score (nSPS) is 11.4. The molecule has 0 saturated heterocycles.